The van der Waals surface area contributed by atoms with Crippen LogP contribution >= 0.6 is 0 Å². The monoisotopic (exact) mass is 423 g/mol. The van der Waals surface area contributed by atoms with Gasteiger partial charge in [-0.2, -0.15) is 0 Å². The summed E-state index contributed by atoms with van der Waals surface area (Å²) in [5.74, 6) is -0.311. The summed E-state index contributed by atoms with van der Waals surface area (Å²) < 4.78 is 0. The van der Waals surface area contributed by atoms with E-state index in [0.717, 1.165) is 29.5 Å². The number of nitrogen functional groups attached to an aromatic ring is 1. The van der Waals surface area contributed by atoms with E-state index in [0.29, 0.717) is 23.0 Å². The Morgan fingerprint density at radius 3 is 2.19 bits per heavy atom. The Balaban J connectivity index is 1.47. The van der Waals surface area contributed by atoms with E-state index in [4.69, 9.17) is 5.73 Å². The van der Waals surface area contributed by atoms with E-state index in [1.807, 2.05) is 72.8 Å². The maximum Gasteiger partial charge on any atom is 0.252 e. The Morgan fingerprint density at radius 1 is 0.844 bits per heavy atom. The van der Waals surface area contributed by atoms with Crippen LogP contribution in [0.25, 0.3) is 17.7 Å². The van der Waals surface area contributed by atoms with E-state index in [-0.39, 0.29) is 11.8 Å². The van der Waals surface area contributed by atoms with Gasteiger partial charge >= 0.3 is 0 Å². The van der Waals surface area contributed by atoms with E-state index in [1.54, 1.807) is 18.2 Å². The Bertz CT molecular complexity index is 1160. The molecule has 1 saturated carbocycles. The lowest BCUT2D eigenvalue weighted by molar-refractivity contribution is -0.115. The zero-order valence-electron chi connectivity index (χ0n) is 17.6. The molecule has 0 heterocycles. The number of nitrogens with one attached hydrogen (secondary N) is 2. The van der Waals surface area contributed by atoms with Crippen LogP contribution < -0.4 is 16.4 Å². The number of amides is 2. The lowest BCUT2D eigenvalue weighted by Crippen LogP contribution is -2.26. The van der Waals surface area contributed by atoms with Gasteiger partial charge < -0.3 is 16.4 Å². The molecule has 0 aromatic heterocycles. The molecule has 32 heavy (non-hydrogen) atoms. The highest BCUT2D eigenvalue weighted by atomic mass is 16.2. The number of benzene rings is 3. The summed E-state index contributed by atoms with van der Waals surface area (Å²) in [7, 11) is 0. The minimum absolute atomic E-state index is 0.0560. The van der Waals surface area contributed by atoms with Crippen LogP contribution in [-0.4, -0.2) is 17.9 Å². The Morgan fingerprint density at radius 2 is 1.50 bits per heavy atom. The van der Waals surface area contributed by atoms with E-state index in [2.05, 4.69) is 10.6 Å². The molecular formula is C27H25N3O2. The maximum absolute atomic E-state index is 12.8. The molecule has 1 aliphatic rings. The van der Waals surface area contributed by atoms with Crippen molar-refractivity contribution in [2.75, 3.05) is 11.1 Å². The predicted octanol–water partition coefficient (Wildman–Crippen LogP) is 4.74. The lowest BCUT2D eigenvalue weighted by Gasteiger charge is -2.09. The van der Waals surface area contributed by atoms with Gasteiger partial charge in [0.05, 0.1) is 11.4 Å². The highest BCUT2D eigenvalue weighted by Crippen LogP contribution is 2.23. The summed E-state index contributed by atoms with van der Waals surface area (Å²) in [6.45, 7) is 0. The van der Waals surface area contributed by atoms with Crippen LogP contribution in [0.15, 0.2) is 84.9 Å². The Labute approximate surface area is 187 Å². The van der Waals surface area contributed by atoms with Crippen molar-refractivity contribution in [1.82, 2.24) is 5.32 Å². The molecule has 1 fully saturated rings. The van der Waals surface area contributed by atoms with Crippen LogP contribution in [0, 0.1) is 0 Å². The molecule has 4 N–H and O–H groups in total. The first-order valence-corrected chi connectivity index (χ1v) is 10.6. The van der Waals surface area contributed by atoms with Crippen LogP contribution in [0.1, 0.15) is 29.5 Å². The van der Waals surface area contributed by atoms with Gasteiger partial charge in [0.15, 0.2) is 0 Å². The second-order valence-electron chi connectivity index (χ2n) is 7.75. The normalized spacial score (nSPS) is 13.7. The molecule has 0 atom stereocenters. The maximum atomic E-state index is 12.8. The molecule has 0 unspecified atom stereocenters. The summed E-state index contributed by atoms with van der Waals surface area (Å²) in [6, 6.07) is 24.8. The fourth-order valence-electron chi connectivity index (χ4n) is 3.22. The van der Waals surface area contributed by atoms with Crippen molar-refractivity contribution in [3.05, 3.63) is 102 Å². The second kappa shape index (κ2) is 9.79. The molecule has 0 bridgehead atoms. The number of para-hydroxylation sites is 2. The van der Waals surface area contributed by atoms with Gasteiger partial charge in [-0.25, -0.2) is 0 Å². The fourth-order valence-corrected chi connectivity index (χ4v) is 3.22. The van der Waals surface area contributed by atoms with Crippen molar-refractivity contribution < 1.29 is 9.59 Å². The lowest BCUT2D eigenvalue weighted by atomic mass is 10.0. The van der Waals surface area contributed by atoms with Gasteiger partial charge in [-0.3, -0.25) is 9.59 Å². The van der Waals surface area contributed by atoms with Gasteiger partial charge in [-0.1, -0.05) is 66.7 Å². The molecule has 2 amide bonds. The number of anilines is 2. The number of nitrogens with two attached hydrogens (primary N) is 1. The molecular weight excluding hydrogens is 398 g/mol. The first-order chi connectivity index (χ1) is 15.6. The molecule has 4 rings (SSSR count). The quantitative estimate of drug-likeness (QED) is 0.292. The minimum Gasteiger partial charge on any atom is -0.397 e. The number of rotatable bonds is 7. The summed E-state index contributed by atoms with van der Waals surface area (Å²) in [4.78, 5) is 24.9. The third-order valence-electron chi connectivity index (χ3n) is 5.14. The third-order valence-corrected chi connectivity index (χ3v) is 5.14. The minimum atomic E-state index is -0.255. The molecule has 5 heteroatoms. The van der Waals surface area contributed by atoms with Crippen molar-refractivity contribution in [3.8, 4) is 0 Å². The van der Waals surface area contributed by atoms with Crippen molar-refractivity contribution in [2.24, 2.45) is 0 Å². The zero-order valence-corrected chi connectivity index (χ0v) is 17.6. The molecule has 160 valence electrons. The van der Waals surface area contributed by atoms with Crippen LogP contribution in [0.3, 0.4) is 0 Å². The fraction of sp³-hybridized carbons (Fsp3) is 0.111. The summed E-state index contributed by atoms with van der Waals surface area (Å²) in [6.07, 6.45) is 7.18. The number of hydrogen-bond donors (Lipinski definition) is 3. The molecule has 0 aliphatic heterocycles. The number of carbonyl (C=O) groups excluding carboxylic acids is 2. The zero-order chi connectivity index (χ0) is 22.3. The number of hydrogen-bond acceptors (Lipinski definition) is 3. The highest BCUT2D eigenvalue weighted by molar-refractivity contribution is 6.24. The van der Waals surface area contributed by atoms with Crippen molar-refractivity contribution in [2.45, 2.75) is 18.9 Å². The summed E-state index contributed by atoms with van der Waals surface area (Å²) in [5.41, 5.74) is 10.3. The first kappa shape index (κ1) is 21.1. The highest BCUT2D eigenvalue weighted by Gasteiger charge is 2.25. The van der Waals surface area contributed by atoms with Crippen LogP contribution in [0.4, 0.5) is 11.4 Å². The first-order valence-electron chi connectivity index (χ1n) is 10.6. The van der Waals surface area contributed by atoms with Crippen molar-refractivity contribution >= 4 is 40.9 Å². The Kier molecular flexibility index (Phi) is 6.46. The molecule has 0 spiro atoms. The van der Waals surface area contributed by atoms with E-state index < -0.39 is 0 Å². The third kappa shape index (κ3) is 5.73. The van der Waals surface area contributed by atoms with Crippen LogP contribution in [-0.2, 0) is 9.59 Å². The van der Waals surface area contributed by atoms with E-state index >= 15 is 0 Å². The van der Waals surface area contributed by atoms with Gasteiger partial charge in [0.25, 0.3) is 5.91 Å². The van der Waals surface area contributed by atoms with Crippen LogP contribution in [0.5, 0.6) is 0 Å². The molecule has 0 saturated heterocycles. The van der Waals surface area contributed by atoms with Crippen molar-refractivity contribution in [3.63, 3.8) is 0 Å². The second-order valence-corrected chi connectivity index (χ2v) is 7.75. The smallest absolute Gasteiger partial charge is 0.252 e. The van der Waals surface area contributed by atoms with Gasteiger partial charge in [0, 0.05) is 17.7 Å². The van der Waals surface area contributed by atoms with Gasteiger partial charge in [0.1, 0.15) is 0 Å². The Hall–Kier alpha value is -4.12. The average Bonchev–Trinajstić information content (AvgIpc) is 3.63. The molecule has 0 radical (unpaired) electrons. The van der Waals surface area contributed by atoms with Gasteiger partial charge in [0.2, 0.25) is 5.91 Å². The van der Waals surface area contributed by atoms with Crippen LogP contribution in [0.2, 0.25) is 0 Å². The largest absolute Gasteiger partial charge is 0.397 e. The van der Waals surface area contributed by atoms with E-state index in [9.17, 15) is 9.59 Å². The van der Waals surface area contributed by atoms with E-state index in [1.165, 1.54) is 6.08 Å². The van der Waals surface area contributed by atoms with Gasteiger partial charge in [-0.05, 0) is 53.8 Å². The summed E-state index contributed by atoms with van der Waals surface area (Å²) in [5, 5.41) is 5.83. The molecule has 5 nitrogen and oxygen atoms in total. The van der Waals surface area contributed by atoms with Crippen molar-refractivity contribution in [1.29, 1.82) is 0 Å². The SMILES string of the molecule is Nc1ccccc1NC(=O)/C=C/c1ccc(C=C(C(=O)NC2CC2)c2ccccc2)cc1. The standard InChI is InChI=1S/C27H25N3O2/c28-24-8-4-5-9-25(24)30-26(31)17-14-19-10-12-20(13-11-19)18-23(21-6-2-1-3-7-21)27(32)29-22-15-16-22/h1-14,17-18,22H,15-16,28H2,(H,29,32)(H,30,31)/b17-14+,23-18?. The average molecular weight is 424 g/mol. The topological polar surface area (TPSA) is 84.2 Å². The molecule has 3 aromatic carbocycles. The molecule has 3 aromatic rings. The molecule has 1 aliphatic carbocycles. The summed E-state index contributed by atoms with van der Waals surface area (Å²) >= 11 is 0. The predicted molar refractivity (Wildman–Crippen MR) is 130 cm³/mol. The number of carbonyl (C=O) groups is 2. The van der Waals surface area contributed by atoms with Gasteiger partial charge in [-0.15, -0.1) is 0 Å².